The molecule has 0 aliphatic carbocycles. The van der Waals surface area contributed by atoms with Crippen molar-refractivity contribution < 1.29 is 4.79 Å². The van der Waals surface area contributed by atoms with Crippen LogP contribution in [0.5, 0.6) is 0 Å². The van der Waals surface area contributed by atoms with E-state index in [1.54, 1.807) is 6.08 Å². The number of allylic oxidation sites excluding steroid dienone is 1. The summed E-state index contributed by atoms with van der Waals surface area (Å²) in [6.45, 7) is 7.23. The second-order valence-electron chi connectivity index (χ2n) is 9.33. The van der Waals surface area contributed by atoms with Gasteiger partial charge in [-0.05, 0) is 58.8 Å². The van der Waals surface area contributed by atoms with Gasteiger partial charge in [-0.2, -0.15) is 5.10 Å². The monoisotopic (exact) mass is 450 g/mol. The molecule has 1 saturated heterocycles. The molecule has 0 N–H and O–H groups in total. The molecule has 3 aliphatic rings. The zero-order valence-corrected chi connectivity index (χ0v) is 20.2. The number of hydrogen-bond donors (Lipinski definition) is 0. The van der Waals surface area contributed by atoms with Crippen LogP contribution in [-0.4, -0.2) is 74.7 Å². The Morgan fingerprint density at radius 2 is 2.00 bits per heavy atom. The van der Waals surface area contributed by atoms with Gasteiger partial charge in [0.1, 0.15) is 0 Å². The molecule has 5 rings (SSSR count). The number of carbonyl (C=O) groups excluding carboxylic acids is 1. The van der Waals surface area contributed by atoms with Gasteiger partial charge in [-0.1, -0.05) is 14.7 Å². The van der Waals surface area contributed by atoms with Gasteiger partial charge in [0.05, 0.1) is 40.3 Å². The van der Waals surface area contributed by atoms with Crippen molar-refractivity contribution in [1.29, 1.82) is 0 Å². The van der Waals surface area contributed by atoms with Crippen LogP contribution >= 0.6 is 8.58 Å². The van der Waals surface area contributed by atoms with Crippen LogP contribution in [0.25, 0.3) is 10.8 Å². The van der Waals surface area contributed by atoms with Gasteiger partial charge in [0.15, 0.2) is 0 Å². The van der Waals surface area contributed by atoms with Gasteiger partial charge < -0.3 is 14.7 Å². The average molecular weight is 451 g/mol. The Balaban J connectivity index is 1.33. The van der Waals surface area contributed by atoms with Crippen molar-refractivity contribution in [2.45, 2.75) is 32.5 Å². The molecular formula is C24H31N6OP. The molecule has 0 radical (unpaired) electrons. The SMILES string of the molecule is Cc1cn2nc(C3=CC(=O)N4C=C(N5CCC(CN(C)C)CC5)C=CC4P3)cc2c(C)n1. The minimum absolute atomic E-state index is 0.0381. The summed E-state index contributed by atoms with van der Waals surface area (Å²) in [4.78, 5) is 24.2. The summed E-state index contributed by atoms with van der Waals surface area (Å²) < 4.78 is 1.88. The maximum atomic E-state index is 13.1. The number of aromatic nitrogens is 3. The lowest BCUT2D eigenvalue weighted by atomic mass is 9.96. The molecule has 1 amide bonds. The van der Waals surface area contributed by atoms with E-state index in [1.807, 2.05) is 29.5 Å². The summed E-state index contributed by atoms with van der Waals surface area (Å²) in [6.07, 6.45) is 12.6. The van der Waals surface area contributed by atoms with Crippen LogP contribution in [0.3, 0.4) is 0 Å². The Hall–Kier alpha value is -2.50. The van der Waals surface area contributed by atoms with E-state index >= 15 is 0 Å². The van der Waals surface area contributed by atoms with Crippen molar-refractivity contribution in [3.05, 3.63) is 59.5 Å². The Bertz CT molecular complexity index is 1140. The number of hydrogen-bond acceptors (Lipinski definition) is 5. The maximum absolute atomic E-state index is 13.1. The maximum Gasteiger partial charge on any atom is 0.252 e. The third-order valence-electron chi connectivity index (χ3n) is 6.48. The molecule has 8 heteroatoms. The molecule has 5 heterocycles. The molecule has 0 aromatic carbocycles. The van der Waals surface area contributed by atoms with Crippen molar-refractivity contribution in [2.75, 3.05) is 33.7 Å². The van der Waals surface area contributed by atoms with Gasteiger partial charge in [-0.25, -0.2) is 4.52 Å². The lowest BCUT2D eigenvalue weighted by molar-refractivity contribution is -0.123. The fourth-order valence-corrected chi connectivity index (χ4v) is 6.24. The minimum atomic E-state index is 0.0381. The van der Waals surface area contributed by atoms with Crippen LogP contribution in [0, 0.1) is 19.8 Å². The van der Waals surface area contributed by atoms with Crippen molar-refractivity contribution in [2.24, 2.45) is 5.92 Å². The van der Waals surface area contributed by atoms with Crippen molar-refractivity contribution in [3.63, 3.8) is 0 Å². The second kappa shape index (κ2) is 8.45. The van der Waals surface area contributed by atoms with Crippen LogP contribution in [0.1, 0.15) is 29.9 Å². The topological polar surface area (TPSA) is 57.0 Å². The normalized spacial score (nSPS) is 22.7. The number of carbonyl (C=O) groups is 1. The number of nitrogens with zero attached hydrogens (tertiary/aromatic N) is 6. The molecule has 2 aromatic heterocycles. The molecule has 32 heavy (non-hydrogen) atoms. The van der Waals surface area contributed by atoms with E-state index in [1.165, 1.54) is 12.8 Å². The molecule has 2 aromatic rings. The number of amides is 1. The van der Waals surface area contributed by atoms with Crippen molar-refractivity contribution in [3.8, 4) is 0 Å². The van der Waals surface area contributed by atoms with E-state index in [0.717, 1.165) is 59.2 Å². The predicted molar refractivity (Wildman–Crippen MR) is 129 cm³/mol. The molecule has 168 valence electrons. The first-order valence-corrected chi connectivity index (χ1v) is 12.4. The Morgan fingerprint density at radius 1 is 1.22 bits per heavy atom. The number of rotatable bonds is 4. The van der Waals surface area contributed by atoms with E-state index in [4.69, 9.17) is 5.10 Å². The Kier molecular flexibility index (Phi) is 5.64. The molecule has 2 unspecified atom stereocenters. The molecule has 7 nitrogen and oxygen atoms in total. The fourth-order valence-electron chi connectivity index (χ4n) is 4.91. The number of piperidine rings is 1. The molecule has 3 aliphatic heterocycles. The zero-order valence-electron chi connectivity index (χ0n) is 19.2. The summed E-state index contributed by atoms with van der Waals surface area (Å²) in [5.74, 6) is 0.873. The highest BCUT2D eigenvalue weighted by molar-refractivity contribution is 7.51. The molecule has 0 bridgehead atoms. The van der Waals surface area contributed by atoms with Gasteiger partial charge >= 0.3 is 0 Å². The van der Waals surface area contributed by atoms with Crippen LogP contribution in [-0.2, 0) is 4.79 Å². The summed E-state index contributed by atoms with van der Waals surface area (Å²) in [5.41, 5.74) is 4.91. The number of fused-ring (bicyclic) bond motifs is 2. The highest BCUT2D eigenvalue weighted by atomic mass is 31.1. The third-order valence-corrected chi connectivity index (χ3v) is 7.96. The van der Waals surface area contributed by atoms with Gasteiger partial charge in [0.2, 0.25) is 0 Å². The highest BCUT2D eigenvalue weighted by Crippen LogP contribution is 2.44. The number of likely N-dealkylation sites (tertiary alicyclic amines) is 1. The van der Waals surface area contributed by atoms with Crippen LogP contribution in [0.2, 0.25) is 0 Å². The van der Waals surface area contributed by atoms with Crippen LogP contribution in [0.4, 0.5) is 0 Å². The Labute approximate surface area is 191 Å². The lowest BCUT2D eigenvalue weighted by Crippen LogP contribution is -2.40. The highest BCUT2D eigenvalue weighted by Gasteiger charge is 2.31. The first-order chi connectivity index (χ1) is 15.4. The lowest BCUT2D eigenvalue weighted by Gasteiger charge is -2.39. The molecular weight excluding hydrogens is 419 g/mol. The summed E-state index contributed by atoms with van der Waals surface area (Å²) in [6, 6.07) is 2.05. The van der Waals surface area contributed by atoms with E-state index < -0.39 is 0 Å². The predicted octanol–water partition coefficient (Wildman–Crippen LogP) is 3.22. The Morgan fingerprint density at radius 3 is 2.75 bits per heavy atom. The summed E-state index contributed by atoms with van der Waals surface area (Å²) in [7, 11) is 4.77. The quantitative estimate of drug-likeness (QED) is 0.670. The van der Waals surface area contributed by atoms with E-state index in [2.05, 4.69) is 53.3 Å². The largest absolute Gasteiger partial charge is 0.370 e. The van der Waals surface area contributed by atoms with Crippen molar-refractivity contribution in [1.82, 2.24) is 29.3 Å². The van der Waals surface area contributed by atoms with Gasteiger partial charge in [0, 0.05) is 37.2 Å². The third kappa shape index (κ3) is 4.12. The minimum Gasteiger partial charge on any atom is -0.370 e. The number of aryl methyl sites for hydroxylation is 2. The van der Waals surface area contributed by atoms with Crippen LogP contribution in [0.15, 0.2) is 42.4 Å². The smallest absolute Gasteiger partial charge is 0.252 e. The van der Waals surface area contributed by atoms with Gasteiger partial charge in [0.25, 0.3) is 5.91 Å². The van der Waals surface area contributed by atoms with E-state index in [9.17, 15) is 4.79 Å². The van der Waals surface area contributed by atoms with Gasteiger partial charge in [-0.3, -0.25) is 9.78 Å². The average Bonchev–Trinajstić information content (AvgIpc) is 3.18. The van der Waals surface area contributed by atoms with E-state index in [-0.39, 0.29) is 11.7 Å². The summed E-state index contributed by atoms with van der Waals surface area (Å²) >= 11 is 0. The first-order valence-electron chi connectivity index (χ1n) is 11.3. The molecule has 0 spiro atoms. The summed E-state index contributed by atoms with van der Waals surface area (Å²) in [5, 5.41) is 5.76. The molecule has 2 atom stereocenters. The zero-order chi connectivity index (χ0) is 22.4. The van der Waals surface area contributed by atoms with Crippen LogP contribution < -0.4 is 0 Å². The van der Waals surface area contributed by atoms with Gasteiger partial charge in [-0.15, -0.1) is 0 Å². The molecule has 0 saturated carbocycles. The first kappa shape index (κ1) is 21.4. The molecule has 1 fully saturated rings. The standard InChI is InChI=1S/C24H31N6OP/c1-16-13-30-21(17(2)25-16)11-20(26-30)22-12-23(31)29-15-19(5-6-24(29)32-22)28-9-7-18(8-10-28)14-27(3)4/h5-6,11-13,15,18,24,32H,7-10,14H2,1-4H3. The van der Waals surface area contributed by atoms with Crippen molar-refractivity contribution >= 4 is 25.3 Å². The fraction of sp³-hybridized carbons (Fsp3) is 0.458. The van der Waals surface area contributed by atoms with E-state index in [0.29, 0.717) is 8.58 Å². The second-order valence-corrected chi connectivity index (χ2v) is 10.7.